The zero-order valence-corrected chi connectivity index (χ0v) is 35.6. The Morgan fingerprint density at radius 3 is 1.78 bits per heavy atom. The second-order valence-electron chi connectivity index (χ2n) is 15.1. The Labute approximate surface area is 347 Å². The van der Waals surface area contributed by atoms with Crippen LogP contribution in [-0.4, -0.2) is 167 Å². The predicted octanol–water partition coefficient (Wildman–Crippen LogP) is 3.86. The van der Waals surface area contributed by atoms with E-state index in [2.05, 4.69) is 25.1 Å². The molecular formula is C41H63N5O11S. The maximum atomic E-state index is 12.1. The number of hydrogen-bond acceptors (Lipinski definition) is 16. The van der Waals surface area contributed by atoms with E-state index in [-0.39, 0.29) is 23.6 Å². The Morgan fingerprint density at radius 2 is 1.28 bits per heavy atom. The zero-order chi connectivity index (χ0) is 41.6. The summed E-state index contributed by atoms with van der Waals surface area (Å²) < 4.78 is 45.9. The molecule has 4 rings (SSSR count). The summed E-state index contributed by atoms with van der Waals surface area (Å²) in [5.41, 5.74) is 1.52. The van der Waals surface area contributed by atoms with Crippen LogP contribution in [0.15, 0.2) is 36.4 Å². The van der Waals surface area contributed by atoms with Crippen molar-refractivity contribution >= 4 is 29.8 Å². The Balaban J connectivity index is 1.34. The molecule has 324 valence electrons. The Morgan fingerprint density at radius 1 is 0.759 bits per heavy atom. The number of hydrogen-bond donors (Lipinski definition) is 1. The first kappa shape index (κ1) is 47.3. The normalized spacial score (nSPS) is 20.9. The summed E-state index contributed by atoms with van der Waals surface area (Å²) in [6, 6.07) is 10.7. The van der Waals surface area contributed by atoms with E-state index in [0.29, 0.717) is 105 Å². The maximum Gasteiger partial charge on any atom is 0.407 e. The fourth-order valence-electron chi connectivity index (χ4n) is 6.50. The summed E-state index contributed by atoms with van der Waals surface area (Å²) in [4.78, 5) is 49.6. The molecule has 3 heterocycles. The van der Waals surface area contributed by atoms with E-state index in [1.165, 1.54) is 14.2 Å². The van der Waals surface area contributed by atoms with Crippen molar-refractivity contribution in [2.24, 2.45) is 5.92 Å². The number of esters is 2. The smallest absolute Gasteiger partial charge is 0.407 e. The molecule has 0 radical (unpaired) electrons. The number of nitrogens with zero attached hydrogens (tertiary/aromatic N) is 4. The third-order valence-electron chi connectivity index (χ3n) is 9.31. The van der Waals surface area contributed by atoms with Crippen molar-refractivity contribution in [1.29, 1.82) is 0 Å². The molecule has 1 amide bonds. The summed E-state index contributed by atoms with van der Waals surface area (Å²) in [5.74, 6) is 1.26. The summed E-state index contributed by atoms with van der Waals surface area (Å²) in [6.07, 6.45) is 1.17. The number of aromatic nitrogens is 2. The second kappa shape index (κ2) is 25.9. The van der Waals surface area contributed by atoms with E-state index in [4.69, 9.17) is 37.9 Å². The van der Waals surface area contributed by atoms with Gasteiger partial charge in [-0.1, -0.05) is 12.1 Å². The molecule has 1 saturated carbocycles. The third kappa shape index (κ3) is 18.2. The Bertz CT molecular complexity index is 1440. The average Bonchev–Trinajstić information content (AvgIpc) is 3.59. The van der Waals surface area contributed by atoms with Crippen LogP contribution in [0.1, 0.15) is 66.0 Å². The van der Waals surface area contributed by atoms with Gasteiger partial charge in [-0.3, -0.25) is 9.80 Å². The summed E-state index contributed by atoms with van der Waals surface area (Å²) in [5, 5.41) is 2.72. The van der Waals surface area contributed by atoms with Crippen molar-refractivity contribution in [3.05, 3.63) is 59.2 Å². The van der Waals surface area contributed by atoms with Crippen molar-refractivity contribution in [1.82, 2.24) is 25.1 Å². The fourth-order valence-corrected chi connectivity index (χ4v) is 7.51. The highest BCUT2D eigenvalue weighted by atomic mass is 32.2. The van der Waals surface area contributed by atoms with E-state index >= 15 is 0 Å². The number of carbonyl (C=O) groups excluding carboxylic acids is 3. The molecule has 0 aromatic carbocycles. The first-order valence-electron chi connectivity index (χ1n) is 20.1. The van der Waals surface area contributed by atoms with Gasteiger partial charge in [-0.15, -0.1) is 0 Å². The quantitative estimate of drug-likeness (QED) is 0.165. The van der Waals surface area contributed by atoms with Crippen molar-refractivity contribution in [2.45, 2.75) is 64.5 Å². The van der Waals surface area contributed by atoms with Crippen LogP contribution in [0, 0.1) is 5.92 Å². The van der Waals surface area contributed by atoms with Gasteiger partial charge in [-0.25, -0.2) is 24.4 Å². The molecule has 58 heavy (non-hydrogen) atoms. The van der Waals surface area contributed by atoms with Gasteiger partial charge in [-0.05, 0) is 69.5 Å². The van der Waals surface area contributed by atoms with Gasteiger partial charge in [0.25, 0.3) is 0 Å². The number of fused-ring (bicyclic) bond motifs is 1. The molecule has 1 saturated heterocycles. The molecule has 2 unspecified atom stereocenters. The van der Waals surface area contributed by atoms with Gasteiger partial charge in [0, 0.05) is 51.6 Å². The molecule has 0 spiro atoms. The van der Waals surface area contributed by atoms with E-state index in [9.17, 15) is 14.4 Å². The van der Waals surface area contributed by atoms with Crippen LogP contribution in [0.4, 0.5) is 4.79 Å². The molecule has 2 aliphatic rings. The van der Waals surface area contributed by atoms with E-state index < -0.39 is 23.6 Å². The number of alkyl carbamates (subject to hydrolysis) is 1. The number of amides is 1. The molecule has 0 bridgehead atoms. The van der Waals surface area contributed by atoms with E-state index in [0.717, 1.165) is 35.7 Å². The number of thioether (sulfide) groups is 1. The molecule has 1 aliphatic heterocycles. The summed E-state index contributed by atoms with van der Waals surface area (Å²) in [7, 11) is 2.69. The fraction of sp³-hybridized carbons (Fsp3) is 0.683. The number of rotatable bonds is 14. The predicted molar refractivity (Wildman–Crippen MR) is 218 cm³/mol. The lowest BCUT2D eigenvalue weighted by Gasteiger charge is -2.27. The summed E-state index contributed by atoms with van der Waals surface area (Å²) >= 11 is 1.85. The molecule has 2 atom stereocenters. The van der Waals surface area contributed by atoms with Gasteiger partial charge in [0.05, 0.1) is 90.7 Å². The first-order chi connectivity index (χ1) is 28.0. The standard InChI is InChI=1S/C41H63N5O11S/c1-41(2,3)57-40(49)42-12-17-52-24-25-58-30-31-26-36-37(27-31)56-21-16-46(29-33-9-7-11-35(44-33)39(48)51-5)14-19-54-23-22-53-18-13-45(15-20-55-36)28-32-8-6-10-34(43-32)38(47)50-4/h6-11,31,36-37H,12-30H2,1-5H3,(H,42,49). The van der Waals surface area contributed by atoms with E-state index in [1.54, 1.807) is 12.1 Å². The van der Waals surface area contributed by atoms with Crippen LogP contribution in [0.5, 0.6) is 0 Å². The van der Waals surface area contributed by atoms with Crippen LogP contribution in [-0.2, 0) is 51.0 Å². The molecule has 17 heteroatoms. The molecule has 1 N–H and O–H groups in total. The number of methoxy groups -OCH3 is 2. The highest BCUT2D eigenvalue weighted by Gasteiger charge is 2.36. The number of carbonyl (C=O) groups is 3. The number of nitrogens with one attached hydrogen (secondary N) is 1. The molecule has 2 fully saturated rings. The second-order valence-corrected chi connectivity index (χ2v) is 16.2. The van der Waals surface area contributed by atoms with Crippen LogP contribution in [0.2, 0.25) is 0 Å². The van der Waals surface area contributed by atoms with Gasteiger partial charge in [-0.2, -0.15) is 11.8 Å². The molecule has 2 aromatic rings. The van der Waals surface area contributed by atoms with Crippen LogP contribution in [0.3, 0.4) is 0 Å². The van der Waals surface area contributed by atoms with Crippen molar-refractivity contribution < 1.29 is 52.3 Å². The number of pyridine rings is 2. The minimum Gasteiger partial charge on any atom is -0.464 e. The molecule has 1 aliphatic carbocycles. The van der Waals surface area contributed by atoms with Crippen LogP contribution in [0.25, 0.3) is 0 Å². The minimum atomic E-state index is -0.537. The first-order valence-corrected chi connectivity index (χ1v) is 21.2. The maximum absolute atomic E-state index is 12.1. The summed E-state index contributed by atoms with van der Waals surface area (Å²) in [6.45, 7) is 13.3. The van der Waals surface area contributed by atoms with E-state index in [1.807, 2.05) is 56.8 Å². The number of ether oxygens (including phenoxy) is 8. The van der Waals surface area contributed by atoms with Gasteiger partial charge in [0.1, 0.15) is 17.0 Å². The topological polar surface area (TPSA) is 169 Å². The minimum absolute atomic E-state index is 0.0753. The lowest BCUT2D eigenvalue weighted by atomic mass is 10.1. The lowest BCUT2D eigenvalue weighted by molar-refractivity contribution is -0.0669. The van der Waals surface area contributed by atoms with Gasteiger partial charge in [0.15, 0.2) is 0 Å². The van der Waals surface area contributed by atoms with Gasteiger partial charge >= 0.3 is 18.0 Å². The third-order valence-corrected chi connectivity index (χ3v) is 10.5. The lowest BCUT2D eigenvalue weighted by Crippen LogP contribution is -2.36. The zero-order valence-electron chi connectivity index (χ0n) is 34.8. The van der Waals surface area contributed by atoms with Crippen molar-refractivity contribution in [3.8, 4) is 0 Å². The SMILES string of the molecule is COC(=O)c1cccc(CN2CCOCCOCCN(Cc3cccc(C(=O)OC)n3)CCOC3CC(CSCCOCCNC(=O)OC(C)(C)C)CC3OCC2)n1. The van der Waals surface area contributed by atoms with Crippen molar-refractivity contribution in [2.75, 3.05) is 111 Å². The van der Waals surface area contributed by atoms with Gasteiger partial charge in [0.2, 0.25) is 0 Å². The van der Waals surface area contributed by atoms with Gasteiger partial charge < -0.3 is 43.2 Å². The molecular weight excluding hydrogens is 771 g/mol. The van der Waals surface area contributed by atoms with Crippen LogP contribution >= 0.6 is 11.8 Å². The average molecular weight is 834 g/mol. The Kier molecular flexibility index (Phi) is 21.1. The molecule has 16 nitrogen and oxygen atoms in total. The highest BCUT2D eigenvalue weighted by molar-refractivity contribution is 7.99. The molecule has 2 aromatic heterocycles. The van der Waals surface area contributed by atoms with Crippen LogP contribution < -0.4 is 5.32 Å². The monoisotopic (exact) mass is 833 g/mol. The highest BCUT2D eigenvalue weighted by Crippen LogP contribution is 2.33. The van der Waals surface area contributed by atoms with Crippen molar-refractivity contribution in [3.63, 3.8) is 0 Å². The Hall–Kier alpha value is -3.42. The largest absolute Gasteiger partial charge is 0.464 e.